The summed E-state index contributed by atoms with van der Waals surface area (Å²) in [5, 5.41) is 0. The Balaban J connectivity index is 1.60. The number of carbonyl (C=O) groups is 1. The zero-order valence-electron chi connectivity index (χ0n) is 17.1. The molecule has 0 unspecified atom stereocenters. The molecule has 2 aromatic carbocycles. The largest absolute Gasteiger partial charge is 0.497 e. The van der Waals surface area contributed by atoms with Gasteiger partial charge in [0, 0.05) is 18.8 Å². The Morgan fingerprint density at radius 3 is 2.50 bits per heavy atom. The van der Waals surface area contributed by atoms with Gasteiger partial charge in [-0.2, -0.15) is 0 Å². The lowest BCUT2D eigenvalue weighted by Crippen LogP contribution is -2.35. The highest BCUT2D eigenvalue weighted by Gasteiger charge is 2.33. The minimum atomic E-state index is -3.28. The van der Waals surface area contributed by atoms with E-state index < -0.39 is 9.84 Å². The second kappa shape index (κ2) is 8.10. The maximum Gasteiger partial charge on any atom is 0.243 e. The van der Waals surface area contributed by atoms with E-state index in [1.54, 1.807) is 11.7 Å². The fourth-order valence-electron chi connectivity index (χ4n) is 3.61. The predicted molar refractivity (Wildman–Crippen MR) is 115 cm³/mol. The molecule has 0 radical (unpaired) electrons. The third-order valence-corrected chi connectivity index (χ3v) is 6.02. The summed E-state index contributed by atoms with van der Waals surface area (Å²) >= 11 is 0. The topological polar surface area (TPSA) is 81.5 Å². The molecule has 1 aliphatic carbocycles. The second-order valence-electron chi connectivity index (χ2n) is 7.77. The van der Waals surface area contributed by atoms with E-state index >= 15 is 0 Å². The summed E-state index contributed by atoms with van der Waals surface area (Å²) in [5.41, 5.74) is 2.49. The number of sulfone groups is 1. The van der Waals surface area contributed by atoms with Crippen molar-refractivity contribution in [1.29, 1.82) is 0 Å². The number of hydrogen-bond acceptors (Lipinski definition) is 5. The summed E-state index contributed by atoms with van der Waals surface area (Å²) in [6.45, 7) is 0.583. The first-order valence-electron chi connectivity index (χ1n) is 9.88. The van der Waals surface area contributed by atoms with Gasteiger partial charge >= 0.3 is 0 Å². The van der Waals surface area contributed by atoms with E-state index in [1.807, 2.05) is 53.4 Å². The molecule has 3 aromatic rings. The maximum atomic E-state index is 13.3. The third kappa shape index (κ3) is 4.64. The molecule has 1 aliphatic rings. The Morgan fingerprint density at radius 1 is 1.17 bits per heavy atom. The molecule has 158 valence electrons. The molecule has 8 heteroatoms. The van der Waals surface area contributed by atoms with E-state index in [0.29, 0.717) is 17.9 Å². The van der Waals surface area contributed by atoms with Crippen LogP contribution in [0.4, 0.5) is 0 Å². The number of carbonyl (C=O) groups excluding carboxylic acids is 1. The summed E-state index contributed by atoms with van der Waals surface area (Å²) in [6, 6.07) is 15.3. The van der Waals surface area contributed by atoms with Crippen LogP contribution in [0.3, 0.4) is 0 Å². The van der Waals surface area contributed by atoms with Crippen molar-refractivity contribution in [2.75, 3.05) is 13.4 Å². The quantitative estimate of drug-likeness (QED) is 0.552. The van der Waals surface area contributed by atoms with E-state index in [0.717, 1.165) is 29.7 Å². The van der Waals surface area contributed by atoms with Crippen LogP contribution in [0, 0.1) is 0 Å². The van der Waals surface area contributed by atoms with Crippen molar-refractivity contribution < 1.29 is 17.9 Å². The Hall–Kier alpha value is -2.87. The van der Waals surface area contributed by atoms with Crippen molar-refractivity contribution in [3.63, 3.8) is 0 Å². The van der Waals surface area contributed by atoms with Crippen molar-refractivity contribution in [3.8, 4) is 5.75 Å². The van der Waals surface area contributed by atoms with Crippen LogP contribution < -0.4 is 4.74 Å². The minimum Gasteiger partial charge on any atom is -0.497 e. The molecule has 1 saturated carbocycles. The molecule has 1 fully saturated rings. The molecule has 0 spiro atoms. The van der Waals surface area contributed by atoms with Crippen molar-refractivity contribution in [2.45, 2.75) is 37.7 Å². The van der Waals surface area contributed by atoms with Gasteiger partial charge in [-0.1, -0.05) is 24.3 Å². The van der Waals surface area contributed by atoms with Gasteiger partial charge in [-0.25, -0.2) is 13.4 Å². The summed E-state index contributed by atoms with van der Waals surface area (Å²) in [5.74, 6) is 0.938. The van der Waals surface area contributed by atoms with Crippen molar-refractivity contribution in [2.24, 2.45) is 0 Å². The summed E-state index contributed by atoms with van der Waals surface area (Å²) in [7, 11) is -1.66. The van der Waals surface area contributed by atoms with Crippen LogP contribution in [-0.4, -0.2) is 48.2 Å². The van der Waals surface area contributed by atoms with Crippen LogP contribution in [0.15, 0.2) is 48.5 Å². The molecule has 0 N–H and O–H groups in total. The number of fused-ring (bicyclic) bond motifs is 1. The fourth-order valence-corrected chi connectivity index (χ4v) is 4.30. The first kappa shape index (κ1) is 20.4. The first-order chi connectivity index (χ1) is 14.3. The van der Waals surface area contributed by atoms with Crippen LogP contribution in [-0.2, 0) is 33.5 Å². The summed E-state index contributed by atoms with van der Waals surface area (Å²) in [4.78, 5) is 19.6. The highest BCUT2D eigenvalue weighted by atomic mass is 32.2. The predicted octanol–water partition coefficient (Wildman–Crippen LogP) is 2.78. The minimum absolute atomic E-state index is 0.0359. The summed E-state index contributed by atoms with van der Waals surface area (Å²) < 4.78 is 30.7. The van der Waals surface area contributed by atoms with Gasteiger partial charge in [0.25, 0.3) is 0 Å². The molecule has 0 atom stereocenters. The lowest BCUT2D eigenvalue weighted by atomic mass is 10.2. The number of benzene rings is 2. The Bertz CT molecular complexity index is 1160. The molecule has 1 aromatic heterocycles. The number of methoxy groups -OCH3 is 1. The highest BCUT2D eigenvalue weighted by molar-refractivity contribution is 7.89. The van der Waals surface area contributed by atoms with Gasteiger partial charge in [0.1, 0.15) is 23.9 Å². The normalized spacial score (nSPS) is 14.1. The standard InChI is InChI=1S/C22H25N3O4S/c1-29-18-11-7-16(8-12-18)13-24(17-9-10-17)22(26)14-25-20-6-4-3-5-19(20)23-21(25)15-30(2,27)28/h3-8,11-12,17H,9-10,13-15H2,1-2H3. The third-order valence-electron chi connectivity index (χ3n) is 5.24. The van der Waals surface area contributed by atoms with Gasteiger partial charge in [0.15, 0.2) is 9.84 Å². The maximum absolute atomic E-state index is 13.3. The average molecular weight is 428 g/mol. The average Bonchev–Trinajstić information content (AvgIpc) is 3.49. The number of aromatic nitrogens is 2. The number of amides is 1. The lowest BCUT2D eigenvalue weighted by Gasteiger charge is -2.23. The molecule has 4 rings (SSSR count). The molecular weight excluding hydrogens is 402 g/mol. The van der Waals surface area contributed by atoms with Crippen molar-refractivity contribution in [3.05, 3.63) is 59.9 Å². The number of para-hydroxylation sites is 2. The van der Waals surface area contributed by atoms with Crippen molar-refractivity contribution >= 4 is 26.8 Å². The number of nitrogens with zero attached hydrogens (tertiary/aromatic N) is 3. The number of imidazole rings is 1. The first-order valence-corrected chi connectivity index (χ1v) is 11.9. The Morgan fingerprint density at radius 2 is 1.87 bits per heavy atom. The Kier molecular flexibility index (Phi) is 5.51. The molecule has 1 amide bonds. The van der Waals surface area contributed by atoms with Gasteiger partial charge in [0.2, 0.25) is 5.91 Å². The van der Waals surface area contributed by atoms with E-state index in [-0.39, 0.29) is 24.2 Å². The zero-order valence-corrected chi connectivity index (χ0v) is 17.9. The van der Waals surface area contributed by atoms with E-state index in [1.165, 1.54) is 6.26 Å². The zero-order chi connectivity index (χ0) is 21.3. The van der Waals surface area contributed by atoms with Gasteiger partial charge in [-0.3, -0.25) is 4.79 Å². The van der Waals surface area contributed by atoms with E-state index in [9.17, 15) is 13.2 Å². The second-order valence-corrected chi connectivity index (χ2v) is 9.91. The molecule has 30 heavy (non-hydrogen) atoms. The van der Waals surface area contributed by atoms with Gasteiger partial charge in [-0.05, 0) is 42.7 Å². The Labute approximate surface area is 176 Å². The highest BCUT2D eigenvalue weighted by Crippen LogP contribution is 2.29. The monoisotopic (exact) mass is 427 g/mol. The van der Waals surface area contributed by atoms with Crippen LogP contribution in [0.2, 0.25) is 0 Å². The molecule has 7 nitrogen and oxygen atoms in total. The smallest absolute Gasteiger partial charge is 0.243 e. The fraction of sp³-hybridized carbons (Fsp3) is 0.364. The van der Waals surface area contributed by atoms with Gasteiger partial charge in [0.05, 0.1) is 18.1 Å². The molecule has 0 aliphatic heterocycles. The number of hydrogen-bond donors (Lipinski definition) is 0. The van der Waals surface area contributed by atoms with E-state index in [2.05, 4.69) is 4.98 Å². The van der Waals surface area contributed by atoms with Crippen LogP contribution >= 0.6 is 0 Å². The van der Waals surface area contributed by atoms with E-state index in [4.69, 9.17) is 4.74 Å². The van der Waals surface area contributed by atoms with Crippen molar-refractivity contribution in [1.82, 2.24) is 14.5 Å². The molecule has 0 bridgehead atoms. The number of rotatable bonds is 8. The van der Waals surface area contributed by atoms with Gasteiger partial charge < -0.3 is 14.2 Å². The SMILES string of the molecule is COc1ccc(CN(C(=O)Cn2c(CS(C)(=O)=O)nc3ccccc32)C2CC2)cc1. The van der Waals surface area contributed by atoms with Crippen LogP contribution in [0.25, 0.3) is 11.0 Å². The van der Waals surface area contributed by atoms with Gasteiger partial charge in [-0.15, -0.1) is 0 Å². The molecule has 0 saturated heterocycles. The van der Waals surface area contributed by atoms with Crippen LogP contribution in [0.1, 0.15) is 24.2 Å². The molecular formula is C22H25N3O4S. The van der Waals surface area contributed by atoms with Crippen LogP contribution in [0.5, 0.6) is 5.75 Å². The lowest BCUT2D eigenvalue weighted by molar-refractivity contribution is -0.133. The number of ether oxygens (including phenoxy) is 1. The summed E-state index contributed by atoms with van der Waals surface area (Å²) in [6.07, 6.45) is 3.16. The molecule has 1 heterocycles.